The monoisotopic (exact) mass is 234 g/mol. The summed E-state index contributed by atoms with van der Waals surface area (Å²) < 4.78 is 0. The number of nitrogens with one attached hydrogen (secondary N) is 1. The van der Waals surface area contributed by atoms with Gasteiger partial charge in [-0.1, -0.05) is 0 Å². The highest BCUT2D eigenvalue weighted by atomic mass is 15.1. The number of aryl methyl sites for hydroxylation is 1. The summed E-state index contributed by atoms with van der Waals surface area (Å²) in [5.41, 5.74) is 1.11. The molecule has 1 fully saturated rings. The van der Waals surface area contributed by atoms with Crippen LogP contribution in [0.5, 0.6) is 0 Å². The molecule has 2 heterocycles. The van der Waals surface area contributed by atoms with Crippen LogP contribution in [0.2, 0.25) is 0 Å². The number of hydrogen-bond acceptors (Lipinski definition) is 4. The zero-order valence-corrected chi connectivity index (χ0v) is 10.8. The Morgan fingerprint density at radius 2 is 2.41 bits per heavy atom. The molecule has 1 aliphatic heterocycles. The van der Waals surface area contributed by atoms with E-state index in [4.69, 9.17) is 0 Å². The topological polar surface area (TPSA) is 41.1 Å². The van der Waals surface area contributed by atoms with Crippen molar-refractivity contribution in [2.75, 3.05) is 26.7 Å². The standard InChI is InChI=1S/C13H22N4/c1-11-15-7-5-13(16-11)10-17(2)9-12-4-3-6-14-8-12/h5,7,12,14H,3-4,6,8-10H2,1-2H3. The van der Waals surface area contributed by atoms with E-state index in [1.807, 2.05) is 19.2 Å². The van der Waals surface area contributed by atoms with Gasteiger partial charge in [0.05, 0.1) is 5.69 Å². The van der Waals surface area contributed by atoms with Crippen molar-refractivity contribution >= 4 is 0 Å². The molecule has 1 aromatic rings. The predicted octanol–water partition coefficient (Wildman–Crippen LogP) is 1.22. The molecular weight excluding hydrogens is 212 g/mol. The first-order chi connectivity index (χ1) is 8.24. The predicted molar refractivity (Wildman–Crippen MR) is 68.7 cm³/mol. The number of aromatic nitrogens is 2. The molecule has 0 aliphatic carbocycles. The number of nitrogens with zero attached hydrogens (tertiary/aromatic N) is 3. The molecule has 17 heavy (non-hydrogen) atoms. The first kappa shape index (κ1) is 12.5. The van der Waals surface area contributed by atoms with Crippen LogP contribution in [0.4, 0.5) is 0 Å². The second-order valence-corrected chi connectivity index (χ2v) is 5.00. The maximum absolute atomic E-state index is 4.44. The Balaban J connectivity index is 1.82. The van der Waals surface area contributed by atoms with E-state index in [-0.39, 0.29) is 0 Å². The van der Waals surface area contributed by atoms with E-state index in [0.717, 1.165) is 37.1 Å². The van der Waals surface area contributed by atoms with Gasteiger partial charge in [-0.2, -0.15) is 0 Å². The zero-order valence-electron chi connectivity index (χ0n) is 10.8. The first-order valence-electron chi connectivity index (χ1n) is 6.42. The van der Waals surface area contributed by atoms with Crippen LogP contribution >= 0.6 is 0 Å². The average molecular weight is 234 g/mol. The Bertz CT molecular complexity index is 347. The number of rotatable bonds is 4. The molecular formula is C13H22N4. The molecule has 0 saturated carbocycles. The van der Waals surface area contributed by atoms with E-state index < -0.39 is 0 Å². The lowest BCUT2D eigenvalue weighted by molar-refractivity contribution is 0.235. The third-order valence-corrected chi connectivity index (χ3v) is 3.23. The van der Waals surface area contributed by atoms with Crippen LogP contribution in [-0.2, 0) is 6.54 Å². The van der Waals surface area contributed by atoms with Crippen LogP contribution < -0.4 is 5.32 Å². The van der Waals surface area contributed by atoms with Gasteiger partial charge < -0.3 is 10.2 Å². The highest BCUT2D eigenvalue weighted by Gasteiger charge is 2.15. The summed E-state index contributed by atoms with van der Waals surface area (Å²) in [6.07, 6.45) is 4.50. The van der Waals surface area contributed by atoms with Crippen molar-refractivity contribution < 1.29 is 0 Å². The lowest BCUT2D eigenvalue weighted by atomic mass is 9.99. The molecule has 0 spiro atoms. The quantitative estimate of drug-likeness (QED) is 0.850. The number of piperidine rings is 1. The minimum Gasteiger partial charge on any atom is -0.316 e. The van der Waals surface area contributed by atoms with Gasteiger partial charge in [0, 0.05) is 19.3 Å². The van der Waals surface area contributed by atoms with Gasteiger partial charge in [0.2, 0.25) is 0 Å². The van der Waals surface area contributed by atoms with E-state index in [1.165, 1.54) is 19.4 Å². The molecule has 1 aromatic heterocycles. The minimum atomic E-state index is 0.789. The average Bonchev–Trinajstić information content (AvgIpc) is 2.30. The van der Waals surface area contributed by atoms with Crippen LogP contribution in [-0.4, -0.2) is 41.5 Å². The van der Waals surface area contributed by atoms with E-state index in [9.17, 15) is 0 Å². The van der Waals surface area contributed by atoms with E-state index in [2.05, 4.69) is 27.2 Å². The van der Waals surface area contributed by atoms with Gasteiger partial charge in [-0.15, -0.1) is 0 Å². The summed E-state index contributed by atoms with van der Waals surface area (Å²) in [5, 5.41) is 3.46. The highest BCUT2D eigenvalue weighted by molar-refractivity contribution is 5.01. The summed E-state index contributed by atoms with van der Waals surface area (Å²) >= 11 is 0. The van der Waals surface area contributed by atoms with Crippen LogP contribution in [0.1, 0.15) is 24.4 Å². The second-order valence-electron chi connectivity index (χ2n) is 5.00. The van der Waals surface area contributed by atoms with E-state index >= 15 is 0 Å². The van der Waals surface area contributed by atoms with Gasteiger partial charge in [0.25, 0.3) is 0 Å². The molecule has 1 N–H and O–H groups in total. The Labute approximate surface area is 103 Å². The lowest BCUT2D eigenvalue weighted by Crippen LogP contribution is -2.36. The van der Waals surface area contributed by atoms with Crippen LogP contribution in [0.25, 0.3) is 0 Å². The molecule has 94 valence electrons. The van der Waals surface area contributed by atoms with Crippen molar-refractivity contribution in [3.05, 3.63) is 23.8 Å². The van der Waals surface area contributed by atoms with Gasteiger partial charge in [0.15, 0.2) is 0 Å². The fourth-order valence-electron chi connectivity index (χ4n) is 2.45. The molecule has 4 nitrogen and oxygen atoms in total. The maximum Gasteiger partial charge on any atom is 0.125 e. The molecule has 0 aromatic carbocycles. The molecule has 1 unspecified atom stereocenters. The third-order valence-electron chi connectivity index (χ3n) is 3.23. The molecule has 1 atom stereocenters. The fraction of sp³-hybridized carbons (Fsp3) is 0.692. The smallest absolute Gasteiger partial charge is 0.125 e. The normalized spacial score (nSPS) is 20.8. The molecule has 4 heteroatoms. The van der Waals surface area contributed by atoms with Crippen LogP contribution in [0, 0.1) is 12.8 Å². The Morgan fingerprint density at radius 3 is 3.12 bits per heavy atom. The van der Waals surface area contributed by atoms with Gasteiger partial charge in [-0.3, -0.25) is 0 Å². The van der Waals surface area contributed by atoms with Crippen molar-refractivity contribution in [2.45, 2.75) is 26.3 Å². The Morgan fingerprint density at radius 1 is 1.53 bits per heavy atom. The molecule has 0 radical (unpaired) electrons. The van der Waals surface area contributed by atoms with Gasteiger partial charge in [0.1, 0.15) is 5.82 Å². The molecule has 0 bridgehead atoms. The van der Waals surface area contributed by atoms with Crippen LogP contribution in [0.3, 0.4) is 0 Å². The molecule has 1 saturated heterocycles. The molecule has 0 amide bonds. The fourth-order valence-corrected chi connectivity index (χ4v) is 2.45. The first-order valence-corrected chi connectivity index (χ1v) is 6.42. The van der Waals surface area contributed by atoms with Gasteiger partial charge in [-0.25, -0.2) is 9.97 Å². The third kappa shape index (κ3) is 4.06. The summed E-state index contributed by atoms with van der Waals surface area (Å²) in [6.45, 7) is 6.35. The highest BCUT2D eigenvalue weighted by Crippen LogP contribution is 2.12. The van der Waals surface area contributed by atoms with Gasteiger partial charge >= 0.3 is 0 Å². The van der Waals surface area contributed by atoms with Crippen molar-refractivity contribution in [1.82, 2.24) is 20.2 Å². The summed E-state index contributed by atoms with van der Waals surface area (Å²) in [6, 6.07) is 2.00. The van der Waals surface area contributed by atoms with Gasteiger partial charge in [-0.05, 0) is 51.9 Å². The summed E-state index contributed by atoms with van der Waals surface area (Å²) in [4.78, 5) is 10.9. The largest absolute Gasteiger partial charge is 0.316 e. The Kier molecular flexibility index (Phi) is 4.45. The van der Waals surface area contributed by atoms with Crippen molar-refractivity contribution in [2.24, 2.45) is 5.92 Å². The zero-order chi connectivity index (χ0) is 12.1. The maximum atomic E-state index is 4.44. The lowest BCUT2D eigenvalue weighted by Gasteiger charge is -2.27. The van der Waals surface area contributed by atoms with Crippen LogP contribution in [0.15, 0.2) is 12.3 Å². The number of hydrogen-bond donors (Lipinski definition) is 1. The second kappa shape index (κ2) is 6.07. The SMILES string of the molecule is Cc1nccc(CN(C)CC2CCCNC2)n1. The molecule has 2 rings (SSSR count). The summed E-state index contributed by atoms with van der Waals surface area (Å²) in [7, 11) is 2.17. The summed E-state index contributed by atoms with van der Waals surface area (Å²) in [5.74, 6) is 1.65. The Hall–Kier alpha value is -1.00. The molecule has 1 aliphatic rings. The van der Waals surface area contributed by atoms with Crippen molar-refractivity contribution in [3.63, 3.8) is 0 Å². The van der Waals surface area contributed by atoms with Crippen molar-refractivity contribution in [3.8, 4) is 0 Å². The minimum absolute atomic E-state index is 0.789. The van der Waals surface area contributed by atoms with E-state index in [0.29, 0.717) is 0 Å². The van der Waals surface area contributed by atoms with E-state index in [1.54, 1.807) is 0 Å². The van der Waals surface area contributed by atoms with Crippen molar-refractivity contribution in [1.29, 1.82) is 0 Å².